The molecule has 0 saturated heterocycles. The Morgan fingerprint density at radius 2 is 2.14 bits per heavy atom. The molecule has 0 radical (unpaired) electrons. The minimum Gasteiger partial charge on any atom is -0.493 e. The summed E-state index contributed by atoms with van der Waals surface area (Å²) in [6.45, 7) is 0.784. The maximum absolute atomic E-state index is 11.4. The molecule has 4 rings (SSSR count). The molecule has 2 N–H and O–H groups in total. The topological polar surface area (TPSA) is 54.1 Å². The van der Waals surface area contributed by atoms with Gasteiger partial charge in [0.1, 0.15) is 5.75 Å². The quantitative estimate of drug-likeness (QED) is 0.890. The van der Waals surface area contributed by atoms with Crippen molar-refractivity contribution in [1.82, 2.24) is 4.98 Å². The van der Waals surface area contributed by atoms with E-state index in [9.17, 15) is 4.79 Å². The van der Waals surface area contributed by atoms with E-state index < -0.39 is 0 Å². The maximum Gasteiger partial charge on any atom is 0.248 e. The van der Waals surface area contributed by atoms with Gasteiger partial charge in [0, 0.05) is 23.9 Å². The van der Waals surface area contributed by atoms with Crippen LogP contribution in [0.3, 0.4) is 0 Å². The van der Waals surface area contributed by atoms with Gasteiger partial charge in [0.2, 0.25) is 5.56 Å². The van der Waals surface area contributed by atoms with Gasteiger partial charge in [0.25, 0.3) is 0 Å². The Morgan fingerprint density at radius 1 is 1.19 bits per heavy atom. The third-order valence-electron chi connectivity index (χ3n) is 4.36. The first-order valence-electron chi connectivity index (χ1n) is 7.54. The largest absolute Gasteiger partial charge is 0.493 e. The van der Waals surface area contributed by atoms with Gasteiger partial charge in [-0.2, -0.15) is 0 Å². The van der Waals surface area contributed by atoms with E-state index >= 15 is 0 Å². The van der Waals surface area contributed by atoms with Crippen LogP contribution in [-0.4, -0.2) is 11.6 Å². The number of benzene rings is 1. The number of hydrogen-bond donors (Lipinski definition) is 2. The van der Waals surface area contributed by atoms with Crippen LogP contribution in [0.1, 0.15) is 35.7 Å². The summed E-state index contributed by atoms with van der Waals surface area (Å²) in [6.07, 6.45) is 4.13. The molecule has 0 saturated carbocycles. The molecular formula is C17H18N2O2. The number of aromatic amines is 1. The number of rotatable bonds is 2. The lowest BCUT2D eigenvalue weighted by Crippen LogP contribution is -2.21. The van der Waals surface area contributed by atoms with Crippen molar-refractivity contribution in [2.24, 2.45) is 0 Å². The maximum atomic E-state index is 11.4. The minimum absolute atomic E-state index is 0.0101. The van der Waals surface area contributed by atoms with E-state index in [0.717, 1.165) is 49.4 Å². The number of aromatic nitrogens is 1. The van der Waals surface area contributed by atoms with Crippen LogP contribution < -0.4 is 15.6 Å². The third kappa shape index (κ3) is 2.31. The van der Waals surface area contributed by atoms with Gasteiger partial charge >= 0.3 is 0 Å². The van der Waals surface area contributed by atoms with Crippen molar-refractivity contribution in [1.29, 1.82) is 0 Å². The van der Waals surface area contributed by atoms with Gasteiger partial charge in [-0.05, 0) is 54.7 Å². The molecule has 1 aromatic heterocycles. The molecule has 1 aliphatic heterocycles. The number of hydrogen-bond acceptors (Lipinski definition) is 3. The number of pyridine rings is 1. The van der Waals surface area contributed by atoms with Gasteiger partial charge in [-0.25, -0.2) is 0 Å². The van der Waals surface area contributed by atoms with E-state index in [4.69, 9.17) is 4.74 Å². The Kier molecular flexibility index (Phi) is 2.95. The molecule has 1 atom stereocenters. The summed E-state index contributed by atoms with van der Waals surface area (Å²) >= 11 is 0. The molecule has 108 valence electrons. The first-order valence-corrected chi connectivity index (χ1v) is 7.54. The number of aryl methyl sites for hydroxylation is 1. The normalized spacial score (nSPS) is 19.5. The number of ether oxygens (including phenoxy) is 1. The number of anilines is 1. The molecule has 21 heavy (non-hydrogen) atoms. The van der Waals surface area contributed by atoms with Crippen LogP contribution in [0.2, 0.25) is 0 Å². The molecule has 1 aromatic carbocycles. The van der Waals surface area contributed by atoms with Gasteiger partial charge in [-0.3, -0.25) is 4.79 Å². The molecule has 2 heterocycles. The fraction of sp³-hybridized carbons (Fsp3) is 0.353. The lowest BCUT2D eigenvalue weighted by molar-refractivity contribution is 0.357. The first kappa shape index (κ1) is 12.5. The number of nitrogens with one attached hydrogen (secondary N) is 2. The van der Waals surface area contributed by atoms with Crippen molar-refractivity contribution in [2.75, 3.05) is 11.9 Å². The molecule has 0 spiro atoms. The zero-order valence-corrected chi connectivity index (χ0v) is 11.8. The second kappa shape index (κ2) is 4.95. The molecule has 4 nitrogen and oxygen atoms in total. The van der Waals surface area contributed by atoms with E-state index in [2.05, 4.69) is 22.4 Å². The first-order chi connectivity index (χ1) is 10.3. The predicted octanol–water partition coefficient (Wildman–Crippen LogP) is 2.80. The SMILES string of the molecule is O=c1ccc2c([nH]1)CCCC2Nc1ccc2c(c1)CCO2. The van der Waals surface area contributed by atoms with Crippen LogP contribution in [0.5, 0.6) is 5.75 Å². The van der Waals surface area contributed by atoms with Crippen LogP contribution in [0.25, 0.3) is 0 Å². The van der Waals surface area contributed by atoms with Crippen molar-refractivity contribution in [2.45, 2.75) is 31.7 Å². The van der Waals surface area contributed by atoms with Crippen molar-refractivity contribution < 1.29 is 4.74 Å². The second-order valence-electron chi connectivity index (χ2n) is 5.77. The smallest absolute Gasteiger partial charge is 0.248 e. The van der Waals surface area contributed by atoms with Gasteiger partial charge < -0.3 is 15.0 Å². The summed E-state index contributed by atoms with van der Waals surface area (Å²) in [7, 11) is 0. The van der Waals surface area contributed by atoms with E-state index in [1.165, 1.54) is 11.1 Å². The highest BCUT2D eigenvalue weighted by atomic mass is 16.5. The molecule has 0 bridgehead atoms. The van der Waals surface area contributed by atoms with E-state index in [1.54, 1.807) is 6.07 Å². The van der Waals surface area contributed by atoms with Crippen molar-refractivity contribution in [3.63, 3.8) is 0 Å². The van der Waals surface area contributed by atoms with Crippen LogP contribution in [0, 0.1) is 0 Å². The molecule has 0 amide bonds. The van der Waals surface area contributed by atoms with Gasteiger partial charge in [-0.1, -0.05) is 0 Å². The van der Waals surface area contributed by atoms with Crippen molar-refractivity contribution >= 4 is 5.69 Å². The number of H-pyrrole nitrogens is 1. The summed E-state index contributed by atoms with van der Waals surface area (Å²) in [5, 5.41) is 3.61. The lowest BCUT2D eigenvalue weighted by atomic mass is 9.91. The lowest BCUT2D eigenvalue weighted by Gasteiger charge is -2.27. The average molecular weight is 282 g/mol. The van der Waals surface area contributed by atoms with Crippen LogP contribution >= 0.6 is 0 Å². The van der Waals surface area contributed by atoms with Crippen molar-refractivity contribution in [3.05, 3.63) is 57.5 Å². The average Bonchev–Trinajstić information content (AvgIpc) is 2.95. The Balaban J connectivity index is 1.62. The fourth-order valence-electron chi connectivity index (χ4n) is 3.33. The van der Waals surface area contributed by atoms with Crippen LogP contribution in [0.15, 0.2) is 35.1 Å². The molecule has 1 unspecified atom stereocenters. The highest BCUT2D eigenvalue weighted by Crippen LogP contribution is 2.33. The Hall–Kier alpha value is -2.23. The van der Waals surface area contributed by atoms with E-state index in [1.807, 2.05) is 12.1 Å². The van der Waals surface area contributed by atoms with Gasteiger partial charge in [0.05, 0.1) is 12.6 Å². The molecule has 0 fully saturated rings. The highest BCUT2D eigenvalue weighted by Gasteiger charge is 2.21. The summed E-state index contributed by atoms with van der Waals surface area (Å²) in [5.41, 5.74) is 4.69. The van der Waals surface area contributed by atoms with Gasteiger partial charge in [-0.15, -0.1) is 0 Å². The molecule has 4 heteroatoms. The molecule has 2 aliphatic rings. The van der Waals surface area contributed by atoms with Crippen LogP contribution in [-0.2, 0) is 12.8 Å². The zero-order chi connectivity index (χ0) is 14.2. The number of fused-ring (bicyclic) bond motifs is 2. The Labute approximate surface area is 123 Å². The molecule has 2 aromatic rings. The van der Waals surface area contributed by atoms with Gasteiger partial charge in [0.15, 0.2) is 0 Å². The fourth-order valence-corrected chi connectivity index (χ4v) is 3.33. The Morgan fingerprint density at radius 3 is 3.10 bits per heavy atom. The highest BCUT2D eigenvalue weighted by molar-refractivity contribution is 5.54. The zero-order valence-electron chi connectivity index (χ0n) is 11.8. The monoisotopic (exact) mass is 282 g/mol. The predicted molar refractivity (Wildman–Crippen MR) is 82.0 cm³/mol. The third-order valence-corrected chi connectivity index (χ3v) is 4.36. The minimum atomic E-state index is -0.0101. The summed E-state index contributed by atoms with van der Waals surface area (Å²) in [6, 6.07) is 10.1. The van der Waals surface area contributed by atoms with E-state index in [0.29, 0.717) is 0 Å². The van der Waals surface area contributed by atoms with Crippen molar-refractivity contribution in [3.8, 4) is 5.75 Å². The molecule has 1 aliphatic carbocycles. The summed E-state index contributed by atoms with van der Waals surface area (Å²) in [5.74, 6) is 1.01. The van der Waals surface area contributed by atoms with Crippen LogP contribution in [0.4, 0.5) is 5.69 Å². The standard InChI is InChI=1S/C17H18N2O2/c20-17-7-5-13-14(2-1-3-15(13)19-17)18-12-4-6-16-11(10-12)8-9-21-16/h4-7,10,14,18H,1-3,8-9H2,(H,19,20). The summed E-state index contributed by atoms with van der Waals surface area (Å²) < 4.78 is 5.55. The summed E-state index contributed by atoms with van der Waals surface area (Å²) in [4.78, 5) is 14.4. The molecular weight excluding hydrogens is 264 g/mol. The van der Waals surface area contributed by atoms with E-state index in [-0.39, 0.29) is 11.6 Å². The second-order valence-corrected chi connectivity index (χ2v) is 5.77. The Bertz CT molecular complexity index is 736.